The van der Waals surface area contributed by atoms with E-state index in [0.29, 0.717) is 28.9 Å². The first kappa shape index (κ1) is 21.7. The van der Waals surface area contributed by atoms with Crippen LogP contribution in [0.1, 0.15) is 12.0 Å². The molecule has 4 aromatic rings. The number of carbonyl (C=O) groups is 1. The fraction of sp³-hybridized carbons (Fsp3) is 0.125. The maximum Gasteiger partial charge on any atom is 0.261 e. The smallest absolute Gasteiger partial charge is 0.261 e. The summed E-state index contributed by atoms with van der Waals surface area (Å²) < 4.78 is 20.9. The minimum Gasteiger partial charge on any atom is -0.457 e. The standard InChI is InChI=1S/C24H19BrFN3O3/c25-17-3-10-22-21(13-17)24(31)29(15-28-22)12-11-23(30)27-14-16-1-6-19(7-2-16)32-20-8-4-18(26)5-9-20/h1-10,13,15H,11-12,14H2,(H,27,30). The van der Waals surface area contributed by atoms with E-state index in [1.165, 1.54) is 23.0 Å². The third kappa shape index (κ3) is 5.39. The maximum atomic E-state index is 13.0. The molecule has 0 saturated heterocycles. The molecule has 0 saturated carbocycles. The van der Waals surface area contributed by atoms with Crippen LogP contribution in [0.25, 0.3) is 10.9 Å². The van der Waals surface area contributed by atoms with Gasteiger partial charge >= 0.3 is 0 Å². The molecule has 1 heterocycles. The second-order valence-corrected chi connectivity index (χ2v) is 8.05. The zero-order valence-electron chi connectivity index (χ0n) is 16.9. The average molecular weight is 496 g/mol. The van der Waals surface area contributed by atoms with Gasteiger partial charge in [-0.15, -0.1) is 0 Å². The quantitative estimate of drug-likeness (QED) is 0.399. The molecule has 0 radical (unpaired) electrons. The summed E-state index contributed by atoms with van der Waals surface area (Å²) in [5.41, 5.74) is 1.34. The van der Waals surface area contributed by atoms with E-state index in [1.807, 2.05) is 18.2 Å². The zero-order chi connectivity index (χ0) is 22.5. The van der Waals surface area contributed by atoms with Crippen molar-refractivity contribution in [2.24, 2.45) is 0 Å². The average Bonchev–Trinajstić information content (AvgIpc) is 2.80. The van der Waals surface area contributed by atoms with Crippen LogP contribution in [0.5, 0.6) is 11.5 Å². The number of ether oxygens (including phenoxy) is 1. The second-order valence-electron chi connectivity index (χ2n) is 7.13. The van der Waals surface area contributed by atoms with Crippen LogP contribution in [-0.2, 0) is 17.9 Å². The summed E-state index contributed by atoms with van der Waals surface area (Å²) in [7, 11) is 0. The van der Waals surface area contributed by atoms with Gasteiger partial charge in [0.1, 0.15) is 17.3 Å². The van der Waals surface area contributed by atoms with Crippen molar-refractivity contribution in [2.75, 3.05) is 0 Å². The lowest BCUT2D eigenvalue weighted by Crippen LogP contribution is -2.27. The van der Waals surface area contributed by atoms with Gasteiger partial charge in [0.15, 0.2) is 0 Å². The van der Waals surface area contributed by atoms with E-state index in [1.54, 1.807) is 36.4 Å². The fourth-order valence-electron chi connectivity index (χ4n) is 3.12. The van der Waals surface area contributed by atoms with E-state index in [9.17, 15) is 14.0 Å². The Morgan fingerprint density at radius 3 is 2.44 bits per heavy atom. The normalized spacial score (nSPS) is 10.8. The molecule has 162 valence electrons. The van der Waals surface area contributed by atoms with Crippen LogP contribution < -0.4 is 15.6 Å². The van der Waals surface area contributed by atoms with Gasteiger partial charge in [0, 0.05) is 24.0 Å². The number of carbonyl (C=O) groups excluding carboxylic acids is 1. The molecule has 1 amide bonds. The van der Waals surface area contributed by atoms with Gasteiger partial charge in [0.2, 0.25) is 5.91 Å². The summed E-state index contributed by atoms with van der Waals surface area (Å²) in [6, 6.07) is 18.3. The van der Waals surface area contributed by atoms with Crippen LogP contribution in [-0.4, -0.2) is 15.5 Å². The predicted octanol–water partition coefficient (Wildman–Crippen LogP) is 4.80. The lowest BCUT2D eigenvalue weighted by atomic mass is 10.2. The van der Waals surface area contributed by atoms with Gasteiger partial charge in [0.25, 0.3) is 5.56 Å². The number of hydrogen-bond acceptors (Lipinski definition) is 4. The van der Waals surface area contributed by atoms with Crippen molar-refractivity contribution in [3.63, 3.8) is 0 Å². The van der Waals surface area contributed by atoms with E-state index >= 15 is 0 Å². The highest BCUT2D eigenvalue weighted by atomic mass is 79.9. The van der Waals surface area contributed by atoms with Crippen molar-refractivity contribution < 1.29 is 13.9 Å². The molecule has 6 nitrogen and oxygen atoms in total. The highest BCUT2D eigenvalue weighted by Gasteiger charge is 2.08. The van der Waals surface area contributed by atoms with Crippen LogP contribution in [0, 0.1) is 5.82 Å². The SMILES string of the molecule is O=C(CCn1cnc2ccc(Br)cc2c1=O)NCc1ccc(Oc2ccc(F)cc2)cc1. The molecule has 32 heavy (non-hydrogen) atoms. The predicted molar refractivity (Wildman–Crippen MR) is 123 cm³/mol. The summed E-state index contributed by atoms with van der Waals surface area (Å²) >= 11 is 3.36. The van der Waals surface area contributed by atoms with Gasteiger partial charge in [-0.1, -0.05) is 28.1 Å². The lowest BCUT2D eigenvalue weighted by molar-refractivity contribution is -0.121. The molecule has 0 spiro atoms. The Balaban J connectivity index is 1.29. The third-order valence-corrected chi connectivity index (χ3v) is 5.32. The van der Waals surface area contributed by atoms with Crippen molar-refractivity contribution in [3.05, 3.63) is 99.3 Å². The Hall–Kier alpha value is -3.52. The molecule has 4 rings (SSSR count). The van der Waals surface area contributed by atoms with Gasteiger partial charge in [-0.2, -0.15) is 0 Å². The molecule has 0 atom stereocenters. The zero-order valence-corrected chi connectivity index (χ0v) is 18.5. The molecular formula is C24H19BrFN3O3. The van der Waals surface area contributed by atoms with Crippen LogP contribution in [0.2, 0.25) is 0 Å². The fourth-order valence-corrected chi connectivity index (χ4v) is 3.48. The number of nitrogens with one attached hydrogen (secondary N) is 1. The topological polar surface area (TPSA) is 73.2 Å². The molecule has 0 bridgehead atoms. The van der Waals surface area contributed by atoms with Crippen LogP contribution in [0.4, 0.5) is 4.39 Å². The van der Waals surface area contributed by atoms with Crippen molar-refractivity contribution >= 4 is 32.7 Å². The Bertz CT molecular complexity index is 1310. The number of rotatable bonds is 7. The summed E-state index contributed by atoms with van der Waals surface area (Å²) in [6.45, 7) is 0.595. The van der Waals surface area contributed by atoms with Crippen LogP contribution in [0.15, 0.2) is 82.3 Å². The van der Waals surface area contributed by atoms with E-state index in [4.69, 9.17) is 4.74 Å². The Morgan fingerprint density at radius 2 is 1.72 bits per heavy atom. The van der Waals surface area contributed by atoms with Crippen molar-refractivity contribution in [1.29, 1.82) is 0 Å². The number of nitrogens with zero attached hydrogens (tertiary/aromatic N) is 2. The molecule has 0 aliphatic carbocycles. The van der Waals surface area contributed by atoms with E-state index in [2.05, 4.69) is 26.2 Å². The number of halogens is 2. The summed E-state index contributed by atoms with van der Waals surface area (Å²) in [5, 5.41) is 3.35. The Labute approximate surface area is 191 Å². The van der Waals surface area contributed by atoms with Gasteiger partial charge in [-0.05, 0) is 60.2 Å². The molecular weight excluding hydrogens is 477 g/mol. The molecule has 0 aliphatic heterocycles. The molecule has 0 unspecified atom stereocenters. The molecule has 1 N–H and O–H groups in total. The minimum absolute atomic E-state index is 0.160. The number of fused-ring (bicyclic) bond motifs is 1. The first-order chi connectivity index (χ1) is 15.5. The number of aromatic nitrogens is 2. The molecule has 0 aliphatic rings. The second kappa shape index (κ2) is 9.74. The van der Waals surface area contributed by atoms with Crippen molar-refractivity contribution in [3.8, 4) is 11.5 Å². The maximum absolute atomic E-state index is 13.0. The third-order valence-electron chi connectivity index (χ3n) is 4.83. The Morgan fingerprint density at radius 1 is 1.03 bits per heavy atom. The summed E-state index contributed by atoms with van der Waals surface area (Å²) in [4.78, 5) is 29.1. The van der Waals surface area contributed by atoms with E-state index in [0.717, 1.165) is 10.0 Å². The molecule has 8 heteroatoms. The van der Waals surface area contributed by atoms with Crippen LogP contribution in [0.3, 0.4) is 0 Å². The van der Waals surface area contributed by atoms with Crippen molar-refractivity contribution in [1.82, 2.24) is 14.9 Å². The highest BCUT2D eigenvalue weighted by Crippen LogP contribution is 2.22. The first-order valence-corrected chi connectivity index (χ1v) is 10.7. The number of aryl methyl sites for hydroxylation is 1. The van der Waals surface area contributed by atoms with Gasteiger partial charge in [0.05, 0.1) is 17.2 Å². The molecule has 3 aromatic carbocycles. The number of hydrogen-bond donors (Lipinski definition) is 1. The monoisotopic (exact) mass is 495 g/mol. The lowest BCUT2D eigenvalue weighted by Gasteiger charge is -2.09. The first-order valence-electron chi connectivity index (χ1n) is 9.92. The minimum atomic E-state index is -0.321. The van der Waals surface area contributed by atoms with Gasteiger partial charge < -0.3 is 10.1 Å². The number of benzene rings is 3. The summed E-state index contributed by atoms with van der Waals surface area (Å²) in [5.74, 6) is 0.663. The van der Waals surface area contributed by atoms with Gasteiger partial charge in [-0.3, -0.25) is 14.2 Å². The van der Waals surface area contributed by atoms with E-state index < -0.39 is 0 Å². The molecule has 0 fully saturated rings. The number of amides is 1. The van der Waals surface area contributed by atoms with Crippen molar-refractivity contribution in [2.45, 2.75) is 19.5 Å². The van der Waals surface area contributed by atoms with Gasteiger partial charge in [-0.25, -0.2) is 9.37 Å². The van der Waals surface area contributed by atoms with E-state index in [-0.39, 0.29) is 30.2 Å². The highest BCUT2D eigenvalue weighted by molar-refractivity contribution is 9.10. The Kier molecular flexibility index (Phi) is 6.61. The summed E-state index contributed by atoms with van der Waals surface area (Å²) in [6.07, 6.45) is 1.62. The largest absolute Gasteiger partial charge is 0.457 e. The molecule has 1 aromatic heterocycles. The van der Waals surface area contributed by atoms with Crippen LogP contribution >= 0.6 is 15.9 Å².